The van der Waals surface area contributed by atoms with Crippen LogP contribution < -0.4 is 0 Å². The van der Waals surface area contributed by atoms with Crippen LogP contribution in [0, 0.1) is 6.92 Å². The average molecular weight is 232 g/mol. The SMILES string of the molecule is CC.Cc1ccc(C(F)(F)F)c(C(C)C)c1. The zero-order valence-electron chi connectivity index (χ0n) is 10.4. The molecule has 16 heavy (non-hydrogen) atoms. The first-order chi connectivity index (χ1) is 7.32. The maximum Gasteiger partial charge on any atom is 0.416 e. The molecule has 0 heterocycles. The second-order valence-corrected chi connectivity index (χ2v) is 3.74. The number of hydrogen-bond donors (Lipinski definition) is 0. The molecule has 92 valence electrons. The topological polar surface area (TPSA) is 0 Å². The molecule has 0 atom stereocenters. The Hall–Kier alpha value is -0.990. The summed E-state index contributed by atoms with van der Waals surface area (Å²) >= 11 is 0. The molecule has 3 heteroatoms. The first kappa shape index (κ1) is 15.0. The second-order valence-electron chi connectivity index (χ2n) is 3.74. The minimum atomic E-state index is -4.24. The molecule has 0 radical (unpaired) electrons. The van der Waals surface area contributed by atoms with Crippen molar-refractivity contribution >= 4 is 0 Å². The highest BCUT2D eigenvalue weighted by Crippen LogP contribution is 2.35. The summed E-state index contributed by atoms with van der Waals surface area (Å²) in [5.41, 5.74) is 0.720. The van der Waals surface area contributed by atoms with Crippen molar-refractivity contribution in [1.82, 2.24) is 0 Å². The molecule has 0 unspecified atom stereocenters. The van der Waals surface area contributed by atoms with Crippen molar-refractivity contribution in [1.29, 1.82) is 0 Å². The average Bonchev–Trinajstić information content (AvgIpc) is 2.18. The summed E-state index contributed by atoms with van der Waals surface area (Å²) in [5.74, 6) is -0.105. The van der Waals surface area contributed by atoms with E-state index < -0.39 is 11.7 Å². The van der Waals surface area contributed by atoms with E-state index in [9.17, 15) is 13.2 Å². The highest BCUT2D eigenvalue weighted by atomic mass is 19.4. The van der Waals surface area contributed by atoms with Gasteiger partial charge in [0.05, 0.1) is 5.56 Å². The normalized spacial score (nSPS) is 11.1. The first-order valence-corrected chi connectivity index (χ1v) is 5.50. The van der Waals surface area contributed by atoms with E-state index >= 15 is 0 Å². The molecule has 0 aliphatic carbocycles. The lowest BCUT2D eigenvalue weighted by Gasteiger charge is -2.15. The maximum absolute atomic E-state index is 12.5. The summed E-state index contributed by atoms with van der Waals surface area (Å²) in [5, 5.41) is 0. The zero-order chi connectivity index (χ0) is 12.9. The Bertz CT molecular complexity index is 324. The zero-order valence-corrected chi connectivity index (χ0v) is 10.4. The van der Waals surface area contributed by atoms with Crippen LogP contribution in [0.2, 0.25) is 0 Å². The summed E-state index contributed by atoms with van der Waals surface area (Å²) in [4.78, 5) is 0. The quantitative estimate of drug-likeness (QED) is 0.627. The van der Waals surface area contributed by atoms with Crippen molar-refractivity contribution in [2.24, 2.45) is 0 Å². The number of rotatable bonds is 1. The molecule has 0 nitrogen and oxygen atoms in total. The van der Waals surface area contributed by atoms with Crippen LogP contribution >= 0.6 is 0 Å². The van der Waals surface area contributed by atoms with Gasteiger partial charge in [-0.2, -0.15) is 13.2 Å². The second kappa shape index (κ2) is 5.92. The molecule has 0 N–H and O–H groups in total. The molecule has 1 aromatic carbocycles. The van der Waals surface area contributed by atoms with Gasteiger partial charge in [-0.1, -0.05) is 45.4 Å². The molecular formula is C13H19F3. The lowest BCUT2D eigenvalue weighted by molar-refractivity contribution is -0.138. The van der Waals surface area contributed by atoms with Crippen LogP contribution in [0.25, 0.3) is 0 Å². The van der Waals surface area contributed by atoms with Crippen molar-refractivity contribution in [3.05, 3.63) is 34.9 Å². The molecule has 0 saturated heterocycles. The minimum absolute atomic E-state index is 0.105. The molecule has 1 rings (SSSR count). The number of benzene rings is 1. The van der Waals surface area contributed by atoms with Crippen molar-refractivity contribution in [2.45, 2.75) is 46.7 Å². The monoisotopic (exact) mass is 232 g/mol. The van der Waals surface area contributed by atoms with Crippen LogP contribution in [0.3, 0.4) is 0 Å². The van der Waals surface area contributed by atoms with Gasteiger partial charge < -0.3 is 0 Å². The fourth-order valence-corrected chi connectivity index (χ4v) is 1.42. The summed E-state index contributed by atoms with van der Waals surface area (Å²) < 4.78 is 37.6. The Morgan fingerprint density at radius 3 is 1.94 bits per heavy atom. The van der Waals surface area contributed by atoms with Crippen molar-refractivity contribution in [2.75, 3.05) is 0 Å². The number of halogens is 3. The third-order valence-corrected chi connectivity index (χ3v) is 2.13. The van der Waals surface area contributed by atoms with Gasteiger partial charge in [-0.3, -0.25) is 0 Å². The van der Waals surface area contributed by atoms with Crippen LogP contribution in [-0.4, -0.2) is 0 Å². The third-order valence-electron chi connectivity index (χ3n) is 2.13. The maximum atomic E-state index is 12.5. The molecule has 0 aliphatic heterocycles. The standard InChI is InChI=1S/C11H13F3.C2H6/c1-7(2)9-6-8(3)4-5-10(9)11(12,13)14;1-2/h4-7H,1-3H3;1-2H3. The van der Waals surface area contributed by atoms with Gasteiger partial charge in [0.2, 0.25) is 0 Å². The predicted molar refractivity (Wildman–Crippen MR) is 61.6 cm³/mol. The molecule has 0 amide bonds. The van der Waals surface area contributed by atoms with Crippen LogP contribution in [0.4, 0.5) is 13.2 Å². The first-order valence-electron chi connectivity index (χ1n) is 5.50. The summed E-state index contributed by atoms with van der Waals surface area (Å²) in [6.45, 7) is 9.33. The van der Waals surface area contributed by atoms with Crippen molar-refractivity contribution in [3.8, 4) is 0 Å². The minimum Gasteiger partial charge on any atom is -0.166 e. The van der Waals surface area contributed by atoms with Gasteiger partial charge in [0.25, 0.3) is 0 Å². The molecule has 1 aromatic rings. The highest BCUT2D eigenvalue weighted by Gasteiger charge is 2.33. The van der Waals surface area contributed by atoms with E-state index in [4.69, 9.17) is 0 Å². The van der Waals surface area contributed by atoms with Gasteiger partial charge >= 0.3 is 6.18 Å². The van der Waals surface area contributed by atoms with E-state index in [2.05, 4.69) is 0 Å². The summed E-state index contributed by atoms with van der Waals surface area (Å²) in [6, 6.07) is 4.26. The van der Waals surface area contributed by atoms with Gasteiger partial charge in [-0.05, 0) is 24.5 Å². The van der Waals surface area contributed by atoms with Crippen molar-refractivity contribution in [3.63, 3.8) is 0 Å². The molecule has 0 saturated carbocycles. The Balaban J connectivity index is 0.00000106. The Morgan fingerprint density at radius 1 is 1.06 bits per heavy atom. The third kappa shape index (κ3) is 3.87. The largest absolute Gasteiger partial charge is 0.416 e. The van der Waals surface area contributed by atoms with Gasteiger partial charge in [-0.25, -0.2) is 0 Å². The van der Waals surface area contributed by atoms with Gasteiger partial charge in [0.15, 0.2) is 0 Å². The van der Waals surface area contributed by atoms with E-state index in [0.717, 1.165) is 11.6 Å². The van der Waals surface area contributed by atoms with Crippen LogP contribution in [0.5, 0.6) is 0 Å². The summed E-state index contributed by atoms with van der Waals surface area (Å²) in [6.07, 6.45) is -4.24. The van der Waals surface area contributed by atoms with E-state index in [1.165, 1.54) is 6.07 Å². The van der Waals surface area contributed by atoms with E-state index in [1.54, 1.807) is 26.8 Å². The van der Waals surface area contributed by atoms with Crippen LogP contribution in [-0.2, 0) is 6.18 Å². The van der Waals surface area contributed by atoms with E-state index in [0.29, 0.717) is 5.56 Å². The lowest BCUT2D eigenvalue weighted by Crippen LogP contribution is -2.10. The fourth-order valence-electron chi connectivity index (χ4n) is 1.42. The molecular weight excluding hydrogens is 213 g/mol. The van der Waals surface area contributed by atoms with E-state index in [1.807, 2.05) is 13.8 Å². The van der Waals surface area contributed by atoms with Crippen LogP contribution in [0.1, 0.15) is 50.3 Å². The predicted octanol–water partition coefficient (Wildman–Crippen LogP) is 5.16. The molecule has 0 aromatic heterocycles. The molecule has 0 fully saturated rings. The number of alkyl halides is 3. The summed E-state index contributed by atoms with van der Waals surface area (Å²) in [7, 11) is 0. The number of aryl methyl sites for hydroxylation is 1. The lowest BCUT2D eigenvalue weighted by atomic mass is 9.95. The molecule has 0 spiro atoms. The molecule has 0 aliphatic rings. The van der Waals surface area contributed by atoms with E-state index in [-0.39, 0.29) is 5.92 Å². The van der Waals surface area contributed by atoms with Crippen LogP contribution in [0.15, 0.2) is 18.2 Å². The molecule has 0 bridgehead atoms. The Labute approximate surface area is 95.5 Å². The Morgan fingerprint density at radius 2 is 1.56 bits per heavy atom. The van der Waals surface area contributed by atoms with Gasteiger partial charge in [0, 0.05) is 0 Å². The fraction of sp³-hybridized carbons (Fsp3) is 0.538. The van der Waals surface area contributed by atoms with Gasteiger partial charge in [-0.15, -0.1) is 0 Å². The Kier molecular flexibility index (Phi) is 5.56. The van der Waals surface area contributed by atoms with Gasteiger partial charge in [0.1, 0.15) is 0 Å². The highest BCUT2D eigenvalue weighted by molar-refractivity contribution is 5.35. The number of hydrogen-bond acceptors (Lipinski definition) is 0. The smallest absolute Gasteiger partial charge is 0.166 e. The van der Waals surface area contributed by atoms with Crippen molar-refractivity contribution < 1.29 is 13.2 Å².